The average molecular weight is 219 g/mol. The predicted octanol–water partition coefficient (Wildman–Crippen LogP) is 1.19. The molecule has 1 unspecified atom stereocenters. The standard InChI is InChI=1S/C11H17N5/c1-10(12)11-8-13-9-15(11)5-3-7-16-6-2-4-14-16/h2,4,6,8-10H,3,5,7,12H2,1H3. The van der Waals surface area contributed by atoms with E-state index in [4.69, 9.17) is 5.73 Å². The molecule has 0 aliphatic carbocycles. The predicted molar refractivity (Wildman–Crippen MR) is 61.7 cm³/mol. The van der Waals surface area contributed by atoms with Crippen LogP contribution in [0, 0.1) is 0 Å². The zero-order chi connectivity index (χ0) is 11.4. The van der Waals surface area contributed by atoms with Crippen LogP contribution >= 0.6 is 0 Å². The van der Waals surface area contributed by atoms with Gasteiger partial charge in [-0.1, -0.05) is 0 Å². The molecule has 2 aromatic heterocycles. The van der Waals surface area contributed by atoms with Crippen molar-refractivity contribution in [3.8, 4) is 0 Å². The summed E-state index contributed by atoms with van der Waals surface area (Å²) < 4.78 is 4.04. The minimum absolute atomic E-state index is 0.0344. The van der Waals surface area contributed by atoms with Crippen LogP contribution in [0.1, 0.15) is 25.1 Å². The smallest absolute Gasteiger partial charge is 0.0948 e. The minimum Gasteiger partial charge on any atom is -0.333 e. The first kappa shape index (κ1) is 10.9. The Morgan fingerprint density at radius 1 is 1.44 bits per heavy atom. The van der Waals surface area contributed by atoms with Crippen LogP contribution in [0.5, 0.6) is 0 Å². The van der Waals surface area contributed by atoms with E-state index in [0.29, 0.717) is 0 Å². The van der Waals surface area contributed by atoms with Crippen molar-refractivity contribution >= 4 is 0 Å². The summed E-state index contributed by atoms with van der Waals surface area (Å²) in [7, 11) is 0. The lowest BCUT2D eigenvalue weighted by Gasteiger charge is -2.10. The quantitative estimate of drug-likeness (QED) is 0.821. The number of imidazole rings is 1. The zero-order valence-electron chi connectivity index (χ0n) is 9.45. The molecule has 0 aliphatic rings. The molecule has 5 nitrogen and oxygen atoms in total. The summed E-state index contributed by atoms with van der Waals surface area (Å²) in [5.41, 5.74) is 6.93. The molecule has 0 aliphatic heterocycles. The van der Waals surface area contributed by atoms with E-state index in [1.54, 1.807) is 6.20 Å². The number of hydrogen-bond donors (Lipinski definition) is 1. The Hall–Kier alpha value is -1.62. The van der Waals surface area contributed by atoms with Crippen LogP contribution in [0.15, 0.2) is 31.0 Å². The summed E-state index contributed by atoms with van der Waals surface area (Å²) in [5, 5.41) is 4.16. The van der Waals surface area contributed by atoms with E-state index in [-0.39, 0.29) is 6.04 Å². The Morgan fingerprint density at radius 3 is 3.00 bits per heavy atom. The third kappa shape index (κ3) is 2.49. The van der Waals surface area contributed by atoms with Crippen molar-refractivity contribution in [3.05, 3.63) is 36.7 Å². The van der Waals surface area contributed by atoms with Gasteiger partial charge in [0.15, 0.2) is 0 Å². The highest BCUT2D eigenvalue weighted by atomic mass is 15.3. The molecule has 0 saturated carbocycles. The van der Waals surface area contributed by atoms with Crippen molar-refractivity contribution < 1.29 is 0 Å². The number of aromatic nitrogens is 4. The largest absolute Gasteiger partial charge is 0.333 e. The first-order valence-corrected chi connectivity index (χ1v) is 5.50. The molecule has 0 amide bonds. The number of nitrogens with zero attached hydrogens (tertiary/aromatic N) is 4. The van der Waals surface area contributed by atoms with Crippen LogP contribution in [-0.2, 0) is 13.1 Å². The zero-order valence-corrected chi connectivity index (χ0v) is 9.45. The van der Waals surface area contributed by atoms with E-state index >= 15 is 0 Å². The van der Waals surface area contributed by atoms with Gasteiger partial charge in [0, 0.05) is 37.7 Å². The molecule has 2 N–H and O–H groups in total. The summed E-state index contributed by atoms with van der Waals surface area (Å²) in [6.45, 7) is 3.82. The van der Waals surface area contributed by atoms with Gasteiger partial charge < -0.3 is 10.3 Å². The van der Waals surface area contributed by atoms with Crippen LogP contribution in [0.25, 0.3) is 0 Å². The Labute approximate surface area is 94.9 Å². The number of aryl methyl sites for hydroxylation is 2. The molecule has 2 aromatic rings. The van der Waals surface area contributed by atoms with Gasteiger partial charge in [0.1, 0.15) is 0 Å². The summed E-state index contributed by atoms with van der Waals surface area (Å²) in [5.74, 6) is 0. The fraction of sp³-hybridized carbons (Fsp3) is 0.455. The lowest BCUT2D eigenvalue weighted by molar-refractivity contribution is 0.512. The highest BCUT2D eigenvalue weighted by molar-refractivity contribution is 5.02. The van der Waals surface area contributed by atoms with E-state index in [1.165, 1.54) is 0 Å². The lowest BCUT2D eigenvalue weighted by atomic mass is 10.2. The molecule has 0 aromatic carbocycles. The third-order valence-electron chi connectivity index (χ3n) is 2.56. The van der Waals surface area contributed by atoms with Crippen molar-refractivity contribution in [2.75, 3.05) is 0 Å². The number of nitrogens with two attached hydrogens (primary N) is 1. The Kier molecular flexibility index (Phi) is 3.36. The molecule has 0 bridgehead atoms. The van der Waals surface area contributed by atoms with Crippen molar-refractivity contribution in [2.45, 2.75) is 32.5 Å². The second-order valence-corrected chi connectivity index (χ2v) is 3.92. The van der Waals surface area contributed by atoms with Crippen molar-refractivity contribution in [2.24, 2.45) is 5.73 Å². The lowest BCUT2D eigenvalue weighted by Crippen LogP contribution is -2.13. The van der Waals surface area contributed by atoms with Crippen molar-refractivity contribution in [3.63, 3.8) is 0 Å². The minimum atomic E-state index is 0.0344. The summed E-state index contributed by atoms with van der Waals surface area (Å²) >= 11 is 0. The maximum atomic E-state index is 5.85. The van der Waals surface area contributed by atoms with Crippen LogP contribution in [-0.4, -0.2) is 19.3 Å². The van der Waals surface area contributed by atoms with Gasteiger partial charge in [-0.05, 0) is 19.4 Å². The Balaban J connectivity index is 1.87. The van der Waals surface area contributed by atoms with E-state index in [1.807, 2.05) is 36.4 Å². The molecule has 0 spiro atoms. The molecular formula is C11H17N5. The molecule has 2 heterocycles. The van der Waals surface area contributed by atoms with Gasteiger partial charge in [-0.15, -0.1) is 0 Å². The second kappa shape index (κ2) is 4.94. The van der Waals surface area contributed by atoms with Gasteiger partial charge in [0.2, 0.25) is 0 Å². The van der Waals surface area contributed by atoms with Crippen LogP contribution in [0.2, 0.25) is 0 Å². The van der Waals surface area contributed by atoms with Gasteiger partial charge >= 0.3 is 0 Å². The monoisotopic (exact) mass is 219 g/mol. The van der Waals surface area contributed by atoms with Gasteiger partial charge in [0.05, 0.1) is 12.0 Å². The molecule has 0 radical (unpaired) electrons. The second-order valence-electron chi connectivity index (χ2n) is 3.92. The highest BCUT2D eigenvalue weighted by Crippen LogP contribution is 2.09. The van der Waals surface area contributed by atoms with Gasteiger partial charge in [-0.3, -0.25) is 4.68 Å². The third-order valence-corrected chi connectivity index (χ3v) is 2.56. The first-order valence-electron chi connectivity index (χ1n) is 5.50. The Bertz CT molecular complexity index is 415. The van der Waals surface area contributed by atoms with E-state index in [0.717, 1.165) is 25.2 Å². The fourth-order valence-electron chi connectivity index (χ4n) is 1.73. The molecule has 2 rings (SSSR count). The van der Waals surface area contributed by atoms with Crippen LogP contribution < -0.4 is 5.73 Å². The van der Waals surface area contributed by atoms with Gasteiger partial charge in [0.25, 0.3) is 0 Å². The normalized spacial score (nSPS) is 12.9. The topological polar surface area (TPSA) is 61.7 Å². The number of hydrogen-bond acceptors (Lipinski definition) is 3. The molecule has 16 heavy (non-hydrogen) atoms. The molecule has 5 heteroatoms. The average Bonchev–Trinajstić information content (AvgIpc) is 2.87. The van der Waals surface area contributed by atoms with E-state index in [2.05, 4.69) is 14.6 Å². The highest BCUT2D eigenvalue weighted by Gasteiger charge is 2.05. The molecule has 0 fully saturated rings. The van der Waals surface area contributed by atoms with E-state index < -0.39 is 0 Å². The molecule has 0 saturated heterocycles. The summed E-state index contributed by atoms with van der Waals surface area (Å²) in [6.07, 6.45) is 8.46. The summed E-state index contributed by atoms with van der Waals surface area (Å²) in [6, 6.07) is 1.97. The van der Waals surface area contributed by atoms with Crippen LogP contribution in [0.3, 0.4) is 0 Å². The maximum Gasteiger partial charge on any atom is 0.0948 e. The van der Waals surface area contributed by atoms with Crippen LogP contribution in [0.4, 0.5) is 0 Å². The molecular weight excluding hydrogens is 202 g/mol. The number of rotatable bonds is 5. The van der Waals surface area contributed by atoms with E-state index in [9.17, 15) is 0 Å². The first-order chi connectivity index (χ1) is 7.77. The van der Waals surface area contributed by atoms with Crippen molar-refractivity contribution in [1.82, 2.24) is 19.3 Å². The van der Waals surface area contributed by atoms with Gasteiger partial charge in [-0.2, -0.15) is 5.10 Å². The summed E-state index contributed by atoms with van der Waals surface area (Å²) in [4.78, 5) is 4.12. The Morgan fingerprint density at radius 2 is 2.31 bits per heavy atom. The maximum absolute atomic E-state index is 5.85. The van der Waals surface area contributed by atoms with Gasteiger partial charge in [-0.25, -0.2) is 4.98 Å². The molecule has 1 atom stereocenters. The molecule has 86 valence electrons. The SMILES string of the molecule is CC(N)c1cncn1CCCn1cccn1. The fourth-order valence-corrected chi connectivity index (χ4v) is 1.73. The van der Waals surface area contributed by atoms with Crippen molar-refractivity contribution in [1.29, 1.82) is 0 Å².